The summed E-state index contributed by atoms with van der Waals surface area (Å²) in [6, 6.07) is 0. The highest BCUT2D eigenvalue weighted by atomic mass is 16.5. The molecule has 1 rings (SSSR count). The lowest BCUT2D eigenvalue weighted by Crippen LogP contribution is -2.19. The number of esters is 1. The summed E-state index contributed by atoms with van der Waals surface area (Å²) in [5.74, 6) is -0.236. The van der Waals surface area contributed by atoms with E-state index in [1.54, 1.807) is 0 Å². The minimum Gasteiger partial charge on any atom is -0.462 e. The molecular weight excluding hydrogens is 236 g/mol. The first-order chi connectivity index (χ1) is 8.83. The molecule has 0 aromatic carbocycles. The van der Waals surface area contributed by atoms with E-state index in [4.69, 9.17) is 4.74 Å². The van der Waals surface area contributed by atoms with Crippen LogP contribution in [0.5, 0.6) is 0 Å². The fourth-order valence-electron chi connectivity index (χ4n) is 2.58. The fourth-order valence-corrected chi connectivity index (χ4v) is 2.58. The van der Waals surface area contributed by atoms with Crippen LogP contribution in [-0.2, 0) is 9.53 Å². The number of hydrogen-bond donors (Lipinski definition) is 0. The minimum absolute atomic E-state index is 0.236. The van der Waals surface area contributed by atoms with Crippen LogP contribution in [0.2, 0.25) is 0 Å². The summed E-state index contributed by atoms with van der Waals surface area (Å²) in [7, 11) is 0. The SMILES string of the molecule is CC(=O)OC/C=C(C)/C=C\C1=C(C)CCCC1(C)C. The lowest BCUT2D eigenvalue weighted by molar-refractivity contribution is -0.139. The molecule has 0 radical (unpaired) electrons. The van der Waals surface area contributed by atoms with Gasteiger partial charge in [-0.05, 0) is 50.2 Å². The molecular formula is C17H26O2. The number of rotatable bonds is 4. The van der Waals surface area contributed by atoms with Crippen LogP contribution in [0.25, 0.3) is 0 Å². The molecule has 0 amide bonds. The number of carbonyl (C=O) groups is 1. The van der Waals surface area contributed by atoms with E-state index in [1.165, 1.54) is 37.3 Å². The van der Waals surface area contributed by atoms with Crippen molar-refractivity contribution in [1.29, 1.82) is 0 Å². The Balaban J connectivity index is 2.71. The van der Waals surface area contributed by atoms with Crippen molar-refractivity contribution in [2.45, 2.75) is 53.9 Å². The van der Waals surface area contributed by atoms with Crippen molar-refractivity contribution in [1.82, 2.24) is 0 Å². The molecule has 2 heteroatoms. The van der Waals surface area contributed by atoms with Crippen LogP contribution in [0.4, 0.5) is 0 Å². The Morgan fingerprint density at radius 3 is 2.63 bits per heavy atom. The van der Waals surface area contributed by atoms with E-state index in [-0.39, 0.29) is 11.4 Å². The van der Waals surface area contributed by atoms with E-state index in [9.17, 15) is 4.79 Å². The maximum Gasteiger partial charge on any atom is 0.302 e. The molecule has 0 aromatic heterocycles. The Morgan fingerprint density at radius 2 is 2.05 bits per heavy atom. The van der Waals surface area contributed by atoms with Gasteiger partial charge in [0, 0.05) is 6.92 Å². The predicted octanol–water partition coefficient (Wildman–Crippen LogP) is 4.58. The smallest absolute Gasteiger partial charge is 0.302 e. The lowest BCUT2D eigenvalue weighted by atomic mass is 9.72. The summed E-state index contributed by atoms with van der Waals surface area (Å²) in [6.45, 7) is 10.7. The van der Waals surface area contributed by atoms with Crippen molar-refractivity contribution in [3.63, 3.8) is 0 Å². The average molecular weight is 262 g/mol. The Morgan fingerprint density at radius 1 is 1.37 bits per heavy atom. The Labute approximate surface area is 117 Å². The Kier molecular flexibility index (Phi) is 5.59. The largest absolute Gasteiger partial charge is 0.462 e. The zero-order valence-electron chi connectivity index (χ0n) is 12.9. The third-order valence-corrected chi connectivity index (χ3v) is 3.75. The average Bonchev–Trinajstić information content (AvgIpc) is 2.26. The van der Waals surface area contributed by atoms with Crippen molar-refractivity contribution in [3.05, 3.63) is 34.9 Å². The maximum atomic E-state index is 10.7. The van der Waals surface area contributed by atoms with Crippen LogP contribution < -0.4 is 0 Å². The first-order valence-corrected chi connectivity index (χ1v) is 7.01. The normalized spacial score (nSPS) is 19.9. The topological polar surface area (TPSA) is 26.3 Å². The monoisotopic (exact) mass is 262 g/mol. The molecule has 19 heavy (non-hydrogen) atoms. The Hall–Kier alpha value is -1.31. The van der Waals surface area contributed by atoms with Gasteiger partial charge in [-0.1, -0.05) is 37.1 Å². The molecule has 0 aliphatic heterocycles. The molecule has 1 aliphatic rings. The summed E-state index contributed by atoms with van der Waals surface area (Å²) < 4.78 is 4.91. The molecule has 0 unspecified atom stereocenters. The van der Waals surface area contributed by atoms with E-state index in [2.05, 4.69) is 32.9 Å². The highest BCUT2D eigenvalue weighted by Gasteiger charge is 2.26. The van der Waals surface area contributed by atoms with Crippen molar-refractivity contribution >= 4 is 5.97 Å². The number of allylic oxidation sites excluding steroid dienone is 5. The molecule has 0 heterocycles. The van der Waals surface area contributed by atoms with Gasteiger partial charge in [-0.15, -0.1) is 0 Å². The summed E-state index contributed by atoms with van der Waals surface area (Å²) >= 11 is 0. The predicted molar refractivity (Wildman–Crippen MR) is 79.9 cm³/mol. The van der Waals surface area contributed by atoms with Crippen LogP contribution in [0, 0.1) is 5.41 Å². The van der Waals surface area contributed by atoms with Crippen molar-refractivity contribution in [3.8, 4) is 0 Å². The number of carbonyl (C=O) groups excluding carboxylic acids is 1. The molecule has 1 aliphatic carbocycles. The summed E-state index contributed by atoms with van der Waals surface area (Å²) in [5, 5.41) is 0. The van der Waals surface area contributed by atoms with Gasteiger partial charge in [0.25, 0.3) is 0 Å². The molecule has 106 valence electrons. The van der Waals surface area contributed by atoms with Gasteiger partial charge in [0.05, 0.1) is 0 Å². The van der Waals surface area contributed by atoms with Gasteiger partial charge in [-0.3, -0.25) is 4.79 Å². The second kappa shape index (κ2) is 6.74. The van der Waals surface area contributed by atoms with E-state index in [0.717, 1.165) is 5.57 Å². The molecule has 0 bridgehead atoms. The van der Waals surface area contributed by atoms with E-state index in [1.807, 2.05) is 13.0 Å². The highest BCUT2D eigenvalue weighted by molar-refractivity contribution is 5.66. The van der Waals surface area contributed by atoms with Gasteiger partial charge >= 0.3 is 5.97 Å². The van der Waals surface area contributed by atoms with Gasteiger partial charge < -0.3 is 4.74 Å². The third-order valence-electron chi connectivity index (χ3n) is 3.75. The van der Waals surface area contributed by atoms with Crippen molar-refractivity contribution in [2.24, 2.45) is 5.41 Å². The standard InChI is InChI=1S/C17H26O2/c1-13(10-12-19-15(3)18)8-9-16-14(2)7-6-11-17(16,4)5/h8-10H,6-7,11-12H2,1-5H3/b9-8-,13-10+. The summed E-state index contributed by atoms with van der Waals surface area (Å²) in [5.41, 5.74) is 4.36. The fraction of sp³-hybridized carbons (Fsp3) is 0.588. The lowest BCUT2D eigenvalue weighted by Gasteiger charge is -2.32. The number of hydrogen-bond acceptors (Lipinski definition) is 2. The van der Waals surface area contributed by atoms with E-state index < -0.39 is 0 Å². The third kappa shape index (κ3) is 5.06. The van der Waals surface area contributed by atoms with Crippen LogP contribution in [0.3, 0.4) is 0 Å². The van der Waals surface area contributed by atoms with Crippen molar-refractivity contribution < 1.29 is 9.53 Å². The second-order valence-corrected chi connectivity index (χ2v) is 6.02. The summed E-state index contributed by atoms with van der Waals surface area (Å²) in [6.07, 6.45) is 10.0. The zero-order chi connectivity index (χ0) is 14.5. The van der Waals surface area contributed by atoms with E-state index >= 15 is 0 Å². The summed E-state index contributed by atoms with van der Waals surface area (Å²) in [4.78, 5) is 10.7. The Bertz CT molecular complexity index is 423. The van der Waals surface area contributed by atoms with E-state index in [0.29, 0.717) is 6.61 Å². The zero-order valence-corrected chi connectivity index (χ0v) is 12.9. The van der Waals surface area contributed by atoms with Crippen LogP contribution in [0.15, 0.2) is 34.9 Å². The molecule has 0 saturated heterocycles. The molecule has 0 aromatic rings. The van der Waals surface area contributed by atoms with Gasteiger partial charge in [0.15, 0.2) is 0 Å². The quantitative estimate of drug-likeness (QED) is 0.547. The second-order valence-electron chi connectivity index (χ2n) is 6.02. The molecule has 0 saturated carbocycles. The molecule has 0 spiro atoms. The maximum absolute atomic E-state index is 10.7. The van der Waals surface area contributed by atoms with Gasteiger partial charge in [0.2, 0.25) is 0 Å². The van der Waals surface area contributed by atoms with Crippen LogP contribution >= 0.6 is 0 Å². The number of ether oxygens (including phenoxy) is 1. The van der Waals surface area contributed by atoms with Gasteiger partial charge in [-0.25, -0.2) is 0 Å². The van der Waals surface area contributed by atoms with Crippen LogP contribution in [0.1, 0.15) is 53.9 Å². The first kappa shape index (κ1) is 15.7. The highest BCUT2D eigenvalue weighted by Crippen LogP contribution is 2.40. The van der Waals surface area contributed by atoms with Crippen LogP contribution in [-0.4, -0.2) is 12.6 Å². The molecule has 0 fully saturated rings. The first-order valence-electron chi connectivity index (χ1n) is 7.01. The van der Waals surface area contributed by atoms with Crippen molar-refractivity contribution in [2.75, 3.05) is 6.61 Å². The van der Waals surface area contributed by atoms with Gasteiger partial charge in [-0.2, -0.15) is 0 Å². The molecule has 0 N–H and O–H groups in total. The minimum atomic E-state index is -0.236. The molecule has 2 nitrogen and oxygen atoms in total. The molecule has 0 atom stereocenters. The van der Waals surface area contributed by atoms with Gasteiger partial charge in [0.1, 0.15) is 6.61 Å².